The first-order valence-corrected chi connectivity index (χ1v) is 22.4. The Morgan fingerprint density at radius 1 is 0.645 bits per heavy atom. The lowest BCUT2D eigenvalue weighted by atomic mass is 9.78. The first kappa shape index (κ1) is 48.3. The average Bonchev–Trinajstić information content (AvgIpc) is 3.98. The molecule has 3 aromatic heterocycles. The van der Waals surface area contributed by atoms with Crippen molar-refractivity contribution in [3.63, 3.8) is 0 Å². The third-order valence-electron chi connectivity index (χ3n) is 10.5. The summed E-state index contributed by atoms with van der Waals surface area (Å²) in [6.07, 6.45) is 3.33. The third kappa shape index (κ3) is 11.6. The minimum atomic E-state index is -0.917. The molecule has 5 aromatic rings. The smallest absolute Gasteiger partial charge is 0.467 e. The molecule has 0 spiro atoms. The van der Waals surface area contributed by atoms with Crippen molar-refractivity contribution in [2.75, 3.05) is 14.2 Å². The quantitative estimate of drug-likeness (QED) is 0.103. The number of thiophene rings is 2. The number of halogens is 1. The maximum Gasteiger partial charge on any atom is 0.494 e. The van der Waals surface area contributed by atoms with Crippen LogP contribution in [0.1, 0.15) is 122 Å². The lowest BCUT2D eigenvalue weighted by molar-refractivity contribution is -0.143. The van der Waals surface area contributed by atoms with Gasteiger partial charge in [-0.25, -0.2) is 19.6 Å². The Bertz CT molecular complexity index is 2350. The molecule has 0 aliphatic carbocycles. The lowest BCUT2D eigenvalue weighted by Gasteiger charge is -2.32. The molecule has 16 heteroatoms. The summed E-state index contributed by atoms with van der Waals surface area (Å²) >= 11 is 6.16. The van der Waals surface area contributed by atoms with Crippen molar-refractivity contribution in [1.82, 2.24) is 20.6 Å². The maximum atomic E-state index is 12.9. The van der Waals surface area contributed by atoms with E-state index in [0.29, 0.717) is 26.7 Å². The normalized spacial score (nSPS) is 15.4. The van der Waals surface area contributed by atoms with Crippen LogP contribution in [-0.4, -0.2) is 66.3 Å². The zero-order valence-electron chi connectivity index (χ0n) is 37.2. The molecular formula is C46H54BBrN4O8S2. The van der Waals surface area contributed by atoms with E-state index in [0.717, 1.165) is 25.3 Å². The largest absolute Gasteiger partial charge is 0.494 e. The fourth-order valence-electron chi connectivity index (χ4n) is 6.03. The Balaban J connectivity index is 0.000000235. The molecule has 2 atom stereocenters. The summed E-state index contributed by atoms with van der Waals surface area (Å²) in [7, 11) is 2.11. The van der Waals surface area contributed by atoms with E-state index in [1.807, 2.05) is 64.1 Å². The molecule has 2 unspecified atom stereocenters. The number of methoxy groups -OCH3 is 2. The number of carbonyl (C=O) groups excluding carboxylic acids is 4. The van der Waals surface area contributed by atoms with Crippen LogP contribution in [0.2, 0.25) is 0 Å². The number of rotatable bonds is 10. The van der Waals surface area contributed by atoms with Crippen LogP contribution in [0.4, 0.5) is 0 Å². The van der Waals surface area contributed by atoms with Crippen LogP contribution < -0.4 is 16.1 Å². The molecule has 1 aliphatic rings. The SMILES string of the molecule is COC(=O)C(NC(=O)c1ccc(C(C)(C)C)s1)c1ccc(-c2ncc(Br)cn2)cc1.COC(=O)C(NC(=O)c1ccc(C(C)(C)C)s1)c1ccc(B2OC(C)(C)C(C)(C)O2)cc1. The molecule has 0 radical (unpaired) electrons. The van der Waals surface area contributed by atoms with Gasteiger partial charge in [-0.2, -0.15) is 0 Å². The molecule has 62 heavy (non-hydrogen) atoms. The van der Waals surface area contributed by atoms with E-state index in [1.54, 1.807) is 48.8 Å². The predicted octanol–water partition coefficient (Wildman–Crippen LogP) is 8.90. The molecule has 2 amide bonds. The number of benzene rings is 2. The van der Waals surface area contributed by atoms with E-state index >= 15 is 0 Å². The van der Waals surface area contributed by atoms with E-state index in [2.05, 4.69) is 78.1 Å². The van der Waals surface area contributed by atoms with Gasteiger partial charge in [-0.15, -0.1) is 22.7 Å². The predicted molar refractivity (Wildman–Crippen MR) is 248 cm³/mol. The molecule has 12 nitrogen and oxygen atoms in total. The van der Waals surface area contributed by atoms with Crippen LogP contribution in [0.25, 0.3) is 11.4 Å². The number of hydrogen-bond donors (Lipinski definition) is 2. The number of hydrogen-bond acceptors (Lipinski definition) is 12. The molecule has 2 aromatic carbocycles. The van der Waals surface area contributed by atoms with Crippen LogP contribution in [0.5, 0.6) is 0 Å². The Hall–Kier alpha value is -4.74. The zero-order chi connectivity index (χ0) is 45.8. The van der Waals surface area contributed by atoms with E-state index in [4.69, 9.17) is 18.8 Å². The van der Waals surface area contributed by atoms with E-state index < -0.39 is 42.3 Å². The number of nitrogens with one attached hydrogen (secondary N) is 2. The number of carbonyl (C=O) groups is 4. The van der Waals surface area contributed by atoms with Crippen LogP contribution in [0, 0.1) is 0 Å². The standard InChI is InChI=1S/C24H32BNO5S.C22H22BrN3O3S/c1-22(2,3)18-14-13-17(32-18)20(27)26-19(21(28)29-8)15-9-11-16(12-10-15)25-30-23(4,5)24(6,7)31-25;1-22(2,3)17-10-9-16(30-17)20(27)26-18(21(28)29-4)13-5-7-14(8-6-13)19-24-11-15(23)12-25-19/h9-14,19H,1-8H3,(H,26,27);5-12,18H,1-4H3,(H,26,27). The summed E-state index contributed by atoms with van der Waals surface area (Å²) < 4.78 is 22.8. The average molecular weight is 946 g/mol. The minimum Gasteiger partial charge on any atom is -0.467 e. The van der Waals surface area contributed by atoms with Crippen molar-refractivity contribution in [3.8, 4) is 11.4 Å². The van der Waals surface area contributed by atoms with E-state index in [9.17, 15) is 19.2 Å². The first-order valence-electron chi connectivity index (χ1n) is 20.0. The molecule has 1 aliphatic heterocycles. The van der Waals surface area contributed by atoms with Gasteiger partial charge in [0.05, 0.1) is 39.6 Å². The van der Waals surface area contributed by atoms with Gasteiger partial charge in [0.15, 0.2) is 17.9 Å². The van der Waals surface area contributed by atoms with Crippen molar-refractivity contribution in [1.29, 1.82) is 0 Å². The highest BCUT2D eigenvalue weighted by atomic mass is 79.9. The van der Waals surface area contributed by atoms with Crippen molar-refractivity contribution in [2.24, 2.45) is 0 Å². The second-order valence-corrected chi connectivity index (χ2v) is 20.9. The highest BCUT2D eigenvalue weighted by Gasteiger charge is 2.51. The van der Waals surface area contributed by atoms with E-state index in [-0.39, 0.29) is 22.6 Å². The van der Waals surface area contributed by atoms with Gasteiger partial charge >= 0.3 is 19.1 Å². The Kier molecular flexibility index (Phi) is 15.1. The second kappa shape index (κ2) is 19.3. The topological polar surface area (TPSA) is 155 Å². The van der Waals surface area contributed by atoms with Crippen molar-refractivity contribution in [2.45, 2.75) is 103 Å². The molecule has 0 saturated carbocycles. The highest BCUT2D eigenvalue weighted by Crippen LogP contribution is 2.37. The number of esters is 2. The molecule has 1 saturated heterocycles. The van der Waals surface area contributed by atoms with Gasteiger partial charge in [-0.1, -0.05) is 90.1 Å². The Labute approximate surface area is 380 Å². The van der Waals surface area contributed by atoms with Gasteiger partial charge in [0.1, 0.15) is 0 Å². The van der Waals surface area contributed by atoms with Gasteiger partial charge < -0.3 is 29.4 Å². The summed E-state index contributed by atoms with van der Waals surface area (Å²) in [6.45, 7) is 20.6. The Morgan fingerprint density at radius 3 is 1.39 bits per heavy atom. The molecule has 4 heterocycles. The summed E-state index contributed by atoms with van der Waals surface area (Å²) in [5.41, 5.74) is 1.91. The fourth-order valence-corrected chi connectivity index (χ4v) is 8.17. The lowest BCUT2D eigenvalue weighted by Crippen LogP contribution is -2.41. The number of aromatic nitrogens is 2. The van der Waals surface area contributed by atoms with Crippen LogP contribution >= 0.6 is 38.6 Å². The van der Waals surface area contributed by atoms with Gasteiger partial charge in [-0.05, 0) is 95.3 Å². The number of nitrogens with zero attached hydrogens (tertiary/aromatic N) is 2. The third-order valence-corrected chi connectivity index (χ3v) is 13.9. The Morgan fingerprint density at radius 2 is 1.03 bits per heavy atom. The monoisotopic (exact) mass is 944 g/mol. The van der Waals surface area contributed by atoms with Crippen molar-refractivity contribution < 1.29 is 38.0 Å². The van der Waals surface area contributed by atoms with Gasteiger partial charge in [0, 0.05) is 27.7 Å². The summed E-state index contributed by atoms with van der Waals surface area (Å²) in [6, 6.07) is 20.1. The van der Waals surface area contributed by atoms with Crippen LogP contribution in [-0.2, 0) is 39.2 Å². The number of amides is 2. The first-order chi connectivity index (χ1) is 28.9. The minimum absolute atomic E-state index is 0.0458. The molecule has 2 N–H and O–H groups in total. The van der Waals surface area contributed by atoms with Crippen LogP contribution in [0.3, 0.4) is 0 Å². The van der Waals surface area contributed by atoms with Crippen molar-refractivity contribution in [3.05, 3.63) is 120 Å². The summed E-state index contributed by atoms with van der Waals surface area (Å²) in [4.78, 5) is 62.3. The zero-order valence-corrected chi connectivity index (χ0v) is 40.4. The molecule has 1 fully saturated rings. The highest BCUT2D eigenvalue weighted by molar-refractivity contribution is 9.10. The van der Waals surface area contributed by atoms with Gasteiger partial charge in [0.25, 0.3) is 11.8 Å². The molecule has 0 bridgehead atoms. The summed E-state index contributed by atoms with van der Waals surface area (Å²) in [5, 5.41) is 5.61. The number of ether oxygens (including phenoxy) is 2. The van der Waals surface area contributed by atoms with E-state index in [1.165, 1.54) is 36.9 Å². The maximum absolute atomic E-state index is 12.9. The fraction of sp³-hybridized carbons (Fsp3) is 0.391. The molecule has 328 valence electrons. The van der Waals surface area contributed by atoms with Gasteiger partial charge in [-0.3, -0.25) is 9.59 Å². The molecular weight excluding hydrogens is 891 g/mol. The second-order valence-electron chi connectivity index (χ2n) is 17.8. The van der Waals surface area contributed by atoms with Crippen molar-refractivity contribution >= 4 is 74.9 Å². The summed E-state index contributed by atoms with van der Waals surface area (Å²) in [5.74, 6) is -1.13. The molecule has 6 rings (SSSR count). The van der Waals surface area contributed by atoms with Crippen LogP contribution in [0.15, 0.2) is 89.7 Å². The van der Waals surface area contributed by atoms with Gasteiger partial charge in [0.2, 0.25) is 0 Å².